The van der Waals surface area contributed by atoms with Gasteiger partial charge in [-0.05, 0) is 157 Å². The number of nitrogens with zero attached hydrogens (tertiary/aromatic N) is 2. The summed E-state index contributed by atoms with van der Waals surface area (Å²) in [5, 5.41) is 0. The summed E-state index contributed by atoms with van der Waals surface area (Å²) in [7, 11) is 0. The van der Waals surface area contributed by atoms with Crippen LogP contribution in [0.2, 0.25) is 0 Å². The van der Waals surface area contributed by atoms with Crippen LogP contribution in [0.4, 0.5) is 28.4 Å². The number of para-hydroxylation sites is 2. The van der Waals surface area contributed by atoms with E-state index in [1.807, 2.05) is 0 Å². The molecule has 0 aliphatic heterocycles. The molecule has 13 rings (SSSR count). The Morgan fingerprint density at radius 3 is 1.29 bits per heavy atom. The Bertz CT molecular complexity index is 4110. The lowest BCUT2D eigenvalue weighted by Gasteiger charge is -2.33. The van der Waals surface area contributed by atoms with E-state index < -0.39 is 0 Å². The van der Waals surface area contributed by atoms with Crippen molar-refractivity contribution in [2.45, 2.75) is 58.8 Å². The fourth-order valence-corrected chi connectivity index (χ4v) is 12.8. The largest absolute Gasteiger partial charge is 0.314 e. The fraction of sp³-hybridized carbons (Fsp3) is 0.128. The Morgan fingerprint density at radius 1 is 0.375 bits per heavy atom. The average Bonchev–Trinajstić information content (AvgIpc) is 3.88. The lowest BCUT2D eigenvalue weighted by Crippen LogP contribution is -2.21. The second-order valence-corrected chi connectivity index (χ2v) is 23.2. The summed E-state index contributed by atoms with van der Waals surface area (Å²) >= 11 is 0. The summed E-state index contributed by atoms with van der Waals surface area (Å²) in [6.07, 6.45) is 16.8. The highest BCUT2D eigenvalue weighted by Gasteiger charge is 2.38. The topological polar surface area (TPSA) is 6.48 Å². The van der Waals surface area contributed by atoms with Gasteiger partial charge in [0.05, 0.1) is 11.4 Å². The first kappa shape index (κ1) is 50.3. The molecule has 0 amide bonds. The molecule has 10 aromatic rings. The number of hydrogen-bond acceptors (Lipinski definition) is 2. The third kappa shape index (κ3) is 9.25. The van der Waals surface area contributed by atoms with Crippen LogP contribution in [0.3, 0.4) is 0 Å². The summed E-state index contributed by atoms with van der Waals surface area (Å²) < 4.78 is 0. The lowest BCUT2D eigenvalue weighted by molar-refractivity contribution is 0.659. The van der Waals surface area contributed by atoms with Crippen molar-refractivity contribution in [1.29, 1.82) is 0 Å². The van der Waals surface area contributed by atoms with Gasteiger partial charge in [0, 0.05) is 44.7 Å². The van der Waals surface area contributed by atoms with Gasteiger partial charge >= 0.3 is 0 Å². The molecule has 0 aromatic heterocycles. The molecule has 3 aliphatic carbocycles. The zero-order chi connectivity index (χ0) is 54.5. The molecule has 0 bridgehead atoms. The maximum atomic E-state index is 2.51. The molecule has 3 aliphatic rings. The molecular formula is C78H66N2. The van der Waals surface area contributed by atoms with Gasteiger partial charge in [-0.3, -0.25) is 0 Å². The first-order chi connectivity index (χ1) is 39.0. The quantitative estimate of drug-likeness (QED) is 0.113. The standard InChI is InChI=1S/C78H66N2/c1-53-19-17-25-61(47-53)79(75-29-15-13-27-65(75)59-21-9-7-10-22-59)63-41-45-69-67-43-39-57(49-71(67)77(3,4)73(69)51-63)37-35-55-31-33-56(34-32-55)36-38-58-40-44-68-70-46-42-64(52-74(70)78(5,6)72(68)50-58)80(62-26-18-20-54(2)48-62)76-30-16-14-28-66(76)60-23-11-8-12-24-60/h7-47,49-52,54H,48H2,1-6H3/b37-35+,38-36+. The van der Waals surface area contributed by atoms with E-state index in [-0.39, 0.29) is 10.8 Å². The zero-order valence-electron chi connectivity index (χ0n) is 46.7. The third-order valence-electron chi connectivity index (χ3n) is 17.0. The molecule has 0 spiro atoms. The molecule has 0 radical (unpaired) electrons. The Hall–Kier alpha value is -9.24. The van der Waals surface area contributed by atoms with Gasteiger partial charge in [0.1, 0.15) is 0 Å². The zero-order valence-corrected chi connectivity index (χ0v) is 46.7. The number of benzene rings is 10. The van der Waals surface area contributed by atoms with Gasteiger partial charge in [0.25, 0.3) is 0 Å². The Morgan fingerprint density at radius 2 is 0.787 bits per heavy atom. The van der Waals surface area contributed by atoms with Crippen LogP contribution < -0.4 is 9.80 Å². The number of rotatable bonds is 12. The molecule has 1 atom stereocenters. The highest BCUT2D eigenvalue weighted by atomic mass is 15.2. The number of allylic oxidation sites excluding steroid dienone is 4. The molecule has 2 heteroatoms. The van der Waals surface area contributed by atoms with Crippen LogP contribution in [0.1, 0.15) is 91.1 Å². The van der Waals surface area contributed by atoms with E-state index in [9.17, 15) is 0 Å². The fourth-order valence-electron chi connectivity index (χ4n) is 12.8. The molecule has 0 saturated heterocycles. The predicted molar refractivity (Wildman–Crippen MR) is 342 cm³/mol. The first-order valence-corrected chi connectivity index (χ1v) is 28.4. The molecule has 0 fully saturated rings. The van der Waals surface area contributed by atoms with Crippen LogP contribution in [-0.2, 0) is 10.8 Å². The Kier molecular flexibility index (Phi) is 12.9. The Balaban J connectivity index is 0.727. The summed E-state index contributed by atoms with van der Waals surface area (Å²) in [5.41, 5.74) is 28.3. The maximum Gasteiger partial charge on any atom is 0.0540 e. The molecule has 0 saturated carbocycles. The molecular weight excluding hydrogens is 965 g/mol. The number of anilines is 5. The van der Waals surface area contributed by atoms with Crippen molar-refractivity contribution < 1.29 is 0 Å². The van der Waals surface area contributed by atoms with Crippen molar-refractivity contribution in [1.82, 2.24) is 0 Å². The second-order valence-electron chi connectivity index (χ2n) is 23.2. The van der Waals surface area contributed by atoms with Gasteiger partial charge in [-0.2, -0.15) is 0 Å². The second kappa shape index (κ2) is 20.5. The molecule has 10 aromatic carbocycles. The van der Waals surface area contributed by atoms with Crippen LogP contribution in [0, 0.1) is 12.8 Å². The van der Waals surface area contributed by atoms with Gasteiger partial charge in [-0.15, -0.1) is 0 Å². The monoisotopic (exact) mass is 1030 g/mol. The predicted octanol–water partition coefficient (Wildman–Crippen LogP) is 21.4. The summed E-state index contributed by atoms with van der Waals surface area (Å²) in [6.45, 7) is 14.0. The highest BCUT2D eigenvalue weighted by Crippen LogP contribution is 2.54. The summed E-state index contributed by atoms with van der Waals surface area (Å²) in [6, 6.07) is 85.1. The van der Waals surface area contributed by atoms with E-state index in [1.165, 1.54) is 112 Å². The number of hydrogen-bond donors (Lipinski definition) is 0. The van der Waals surface area contributed by atoms with Gasteiger partial charge in [0.15, 0.2) is 0 Å². The summed E-state index contributed by atoms with van der Waals surface area (Å²) in [5.74, 6) is 0.461. The number of aryl methyl sites for hydroxylation is 1. The van der Waals surface area contributed by atoms with Crippen molar-refractivity contribution in [2.24, 2.45) is 5.92 Å². The highest BCUT2D eigenvalue weighted by molar-refractivity contribution is 5.92. The Labute approximate surface area is 473 Å². The van der Waals surface area contributed by atoms with Crippen LogP contribution >= 0.6 is 0 Å². The minimum atomic E-state index is -0.195. The van der Waals surface area contributed by atoms with Crippen LogP contribution in [0.15, 0.2) is 254 Å². The van der Waals surface area contributed by atoms with E-state index in [0.29, 0.717) is 5.92 Å². The molecule has 0 heterocycles. The van der Waals surface area contributed by atoms with E-state index >= 15 is 0 Å². The normalized spacial score (nSPS) is 15.3. The summed E-state index contributed by atoms with van der Waals surface area (Å²) in [4.78, 5) is 4.94. The minimum Gasteiger partial charge on any atom is -0.314 e. The minimum absolute atomic E-state index is 0.181. The van der Waals surface area contributed by atoms with Crippen molar-refractivity contribution in [3.63, 3.8) is 0 Å². The van der Waals surface area contributed by atoms with Crippen LogP contribution in [0.5, 0.6) is 0 Å². The smallest absolute Gasteiger partial charge is 0.0540 e. The van der Waals surface area contributed by atoms with Crippen molar-refractivity contribution in [3.8, 4) is 44.5 Å². The number of fused-ring (bicyclic) bond motifs is 6. The van der Waals surface area contributed by atoms with E-state index in [2.05, 4.69) is 324 Å². The van der Waals surface area contributed by atoms with E-state index in [4.69, 9.17) is 0 Å². The third-order valence-corrected chi connectivity index (χ3v) is 17.0. The van der Waals surface area contributed by atoms with Gasteiger partial charge in [0.2, 0.25) is 0 Å². The van der Waals surface area contributed by atoms with Crippen molar-refractivity contribution in [2.75, 3.05) is 9.80 Å². The van der Waals surface area contributed by atoms with E-state index in [0.717, 1.165) is 23.5 Å². The van der Waals surface area contributed by atoms with Crippen molar-refractivity contribution in [3.05, 3.63) is 305 Å². The SMILES string of the molecule is Cc1cccc(N(c2ccc3c(c2)C(C)(C)c2cc(/C=C/c4ccc(/C=C/c5ccc6c(c5)C(C)(C)c5cc(N(C7=CC=CC(C)C7)c7ccccc7-c7ccccc7)ccc5-6)cc4)ccc2-3)c2ccccc2-c2ccccc2)c1. The first-order valence-electron chi connectivity index (χ1n) is 28.4. The van der Waals surface area contributed by atoms with Gasteiger partial charge in [-0.1, -0.05) is 253 Å². The molecule has 388 valence electrons. The lowest BCUT2D eigenvalue weighted by atomic mass is 9.81. The van der Waals surface area contributed by atoms with Crippen LogP contribution in [-0.4, -0.2) is 0 Å². The molecule has 2 nitrogen and oxygen atoms in total. The maximum absolute atomic E-state index is 2.51. The molecule has 0 N–H and O–H groups in total. The van der Waals surface area contributed by atoms with Crippen molar-refractivity contribution >= 4 is 52.7 Å². The van der Waals surface area contributed by atoms with E-state index in [1.54, 1.807) is 0 Å². The molecule has 1 unspecified atom stereocenters. The van der Waals surface area contributed by atoms with Gasteiger partial charge in [-0.25, -0.2) is 0 Å². The van der Waals surface area contributed by atoms with Gasteiger partial charge < -0.3 is 9.80 Å². The average molecular weight is 1030 g/mol. The van der Waals surface area contributed by atoms with Crippen LogP contribution in [0.25, 0.3) is 68.8 Å². The molecule has 80 heavy (non-hydrogen) atoms.